The minimum absolute atomic E-state index is 0.117. The van der Waals surface area contributed by atoms with Crippen LogP contribution in [0.2, 0.25) is 0 Å². The highest BCUT2D eigenvalue weighted by molar-refractivity contribution is 7.13. The third-order valence-corrected chi connectivity index (χ3v) is 3.28. The summed E-state index contributed by atoms with van der Waals surface area (Å²) >= 11 is 1.53. The number of nitrogens with zero attached hydrogens (tertiary/aromatic N) is 1. The summed E-state index contributed by atoms with van der Waals surface area (Å²) in [6.45, 7) is 8.66. The number of carbonyl (C=O) groups excluding carboxylic acids is 2. The largest absolute Gasteiger partial charge is 0.444 e. The standard InChI is InChI=1S/C14H24N4O3S/c1-10-9-22-12(18-10)16-8-7-15-11(19)5-6-17-13(20)21-14(2,3)4/h9H,5-8H2,1-4H3,(H,15,19)(H,16,18)(H,17,20). The van der Waals surface area contributed by atoms with Gasteiger partial charge in [0.05, 0.1) is 5.69 Å². The van der Waals surface area contributed by atoms with Crippen LogP contribution in [0.3, 0.4) is 0 Å². The molecule has 0 aromatic carbocycles. The fourth-order valence-corrected chi connectivity index (χ4v) is 2.20. The fourth-order valence-electron chi connectivity index (χ4n) is 1.49. The highest BCUT2D eigenvalue weighted by Crippen LogP contribution is 2.13. The molecule has 1 aromatic rings. The van der Waals surface area contributed by atoms with Gasteiger partial charge in [0.1, 0.15) is 5.60 Å². The van der Waals surface area contributed by atoms with Crippen LogP contribution in [0.25, 0.3) is 0 Å². The molecule has 3 N–H and O–H groups in total. The molecule has 2 amide bonds. The van der Waals surface area contributed by atoms with Gasteiger partial charge in [0, 0.05) is 31.4 Å². The number of amides is 2. The van der Waals surface area contributed by atoms with E-state index in [4.69, 9.17) is 4.74 Å². The molecule has 0 aliphatic rings. The minimum Gasteiger partial charge on any atom is -0.444 e. The van der Waals surface area contributed by atoms with Crippen molar-refractivity contribution in [2.75, 3.05) is 25.0 Å². The zero-order chi connectivity index (χ0) is 16.6. The third-order valence-electron chi connectivity index (χ3n) is 2.36. The van der Waals surface area contributed by atoms with Crippen LogP contribution in [0.4, 0.5) is 9.93 Å². The molecule has 1 heterocycles. The Bertz CT molecular complexity index is 497. The Morgan fingerprint density at radius 3 is 2.55 bits per heavy atom. The molecular formula is C14H24N4O3S. The number of thiazole rings is 1. The lowest BCUT2D eigenvalue weighted by Crippen LogP contribution is -2.36. The highest BCUT2D eigenvalue weighted by Gasteiger charge is 2.15. The Balaban J connectivity index is 2.05. The molecule has 0 radical (unpaired) electrons. The Kier molecular flexibility index (Phi) is 7.10. The van der Waals surface area contributed by atoms with Gasteiger partial charge in [-0.05, 0) is 27.7 Å². The van der Waals surface area contributed by atoms with Crippen LogP contribution >= 0.6 is 11.3 Å². The second-order valence-corrected chi connectivity index (χ2v) is 6.61. The van der Waals surface area contributed by atoms with Crippen molar-refractivity contribution in [1.82, 2.24) is 15.6 Å². The van der Waals surface area contributed by atoms with E-state index in [-0.39, 0.29) is 18.9 Å². The first kappa shape index (κ1) is 18.2. The number of alkyl carbamates (subject to hydrolysis) is 1. The molecule has 0 bridgehead atoms. The van der Waals surface area contributed by atoms with E-state index in [1.165, 1.54) is 11.3 Å². The van der Waals surface area contributed by atoms with Crippen molar-refractivity contribution in [3.8, 4) is 0 Å². The molecule has 1 rings (SSSR count). The van der Waals surface area contributed by atoms with E-state index in [1.54, 1.807) is 20.8 Å². The lowest BCUT2D eigenvalue weighted by atomic mass is 10.2. The normalized spacial score (nSPS) is 10.9. The van der Waals surface area contributed by atoms with Gasteiger partial charge in [-0.2, -0.15) is 0 Å². The van der Waals surface area contributed by atoms with Crippen LogP contribution in [0, 0.1) is 6.92 Å². The molecule has 124 valence electrons. The highest BCUT2D eigenvalue weighted by atomic mass is 32.1. The number of aromatic nitrogens is 1. The molecule has 0 atom stereocenters. The summed E-state index contributed by atoms with van der Waals surface area (Å²) in [4.78, 5) is 27.2. The van der Waals surface area contributed by atoms with E-state index in [0.717, 1.165) is 10.8 Å². The molecule has 0 saturated heterocycles. The SMILES string of the molecule is Cc1csc(NCCNC(=O)CCNC(=O)OC(C)(C)C)n1. The second kappa shape index (κ2) is 8.57. The molecular weight excluding hydrogens is 304 g/mol. The smallest absolute Gasteiger partial charge is 0.407 e. The number of hydrogen-bond donors (Lipinski definition) is 3. The summed E-state index contributed by atoms with van der Waals surface area (Å²) in [5.74, 6) is -0.117. The average Bonchev–Trinajstić information content (AvgIpc) is 2.78. The number of hydrogen-bond acceptors (Lipinski definition) is 6. The number of aryl methyl sites for hydroxylation is 1. The lowest BCUT2D eigenvalue weighted by Gasteiger charge is -2.19. The molecule has 22 heavy (non-hydrogen) atoms. The zero-order valence-corrected chi connectivity index (χ0v) is 14.3. The lowest BCUT2D eigenvalue weighted by molar-refractivity contribution is -0.120. The fraction of sp³-hybridized carbons (Fsp3) is 0.643. The number of anilines is 1. The Hall–Kier alpha value is -1.83. The molecule has 0 unspecified atom stereocenters. The molecule has 8 heteroatoms. The first-order valence-electron chi connectivity index (χ1n) is 7.16. The van der Waals surface area contributed by atoms with Gasteiger partial charge in [0.2, 0.25) is 5.91 Å². The quantitative estimate of drug-likeness (QED) is 0.665. The molecule has 0 spiro atoms. The third kappa shape index (κ3) is 8.46. The minimum atomic E-state index is -0.536. The summed E-state index contributed by atoms with van der Waals surface area (Å²) in [5, 5.41) is 11.2. The summed E-state index contributed by atoms with van der Waals surface area (Å²) in [7, 11) is 0. The van der Waals surface area contributed by atoms with E-state index in [9.17, 15) is 9.59 Å². The molecule has 0 fully saturated rings. The summed E-state index contributed by atoms with van der Waals surface area (Å²) in [5.41, 5.74) is 0.441. The van der Waals surface area contributed by atoms with E-state index in [1.807, 2.05) is 12.3 Å². The van der Waals surface area contributed by atoms with Crippen LogP contribution in [-0.2, 0) is 9.53 Å². The molecule has 1 aromatic heterocycles. The van der Waals surface area contributed by atoms with Crippen LogP contribution < -0.4 is 16.0 Å². The van der Waals surface area contributed by atoms with E-state index >= 15 is 0 Å². The van der Waals surface area contributed by atoms with E-state index < -0.39 is 11.7 Å². The zero-order valence-electron chi connectivity index (χ0n) is 13.5. The maximum absolute atomic E-state index is 11.6. The van der Waals surface area contributed by atoms with E-state index in [2.05, 4.69) is 20.9 Å². The van der Waals surface area contributed by atoms with E-state index in [0.29, 0.717) is 13.1 Å². The summed E-state index contributed by atoms with van der Waals surface area (Å²) in [6.07, 6.45) is -0.295. The van der Waals surface area contributed by atoms with Gasteiger partial charge in [-0.25, -0.2) is 9.78 Å². The van der Waals surface area contributed by atoms with Gasteiger partial charge in [0.15, 0.2) is 5.13 Å². The Labute approximate surface area is 134 Å². The molecule has 0 saturated carbocycles. The second-order valence-electron chi connectivity index (χ2n) is 5.75. The monoisotopic (exact) mass is 328 g/mol. The van der Waals surface area contributed by atoms with Gasteiger partial charge in [-0.3, -0.25) is 4.79 Å². The predicted molar refractivity (Wildman–Crippen MR) is 87.2 cm³/mol. The van der Waals surface area contributed by atoms with Crippen LogP contribution in [0.5, 0.6) is 0 Å². The maximum Gasteiger partial charge on any atom is 0.407 e. The van der Waals surface area contributed by atoms with Crippen LogP contribution in [0.1, 0.15) is 32.9 Å². The number of nitrogens with one attached hydrogen (secondary N) is 3. The topological polar surface area (TPSA) is 92.3 Å². The van der Waals surface area contributed by atoms with Crippen molar-refractivity contribution in [2.24, 2.45) is 0 Å². The number of rotatable bonds is 7. The van der Waals surface area contributed by atoms with Gasteiger partial charge in [-0.1, -0.05) is 0 Å². The molecule has 0 aliphatic heterocycles. The Morgan fingerprint density at radius 2 is 1.95 bits per heavy atom. The van der Waals surface area contributed by atoms with Crippen LogP contribution in [-0.4, -0.2) is 42.2 Å². The molecule has 7 nitrogen and oxygen atoms in total. The van der Waals surface area contributed by atoms with Gasteiger partial charge in [-0.15, -0.1) is 11.3 Å². The van der Waals surface area contributed by atoms with Crippen LogP contribution in [0.15, 0.2) is 5.38 Å². The number of carbonyl (C=O) groups is 2. The molecule has 0 aliphatic carbocycles. The van der Waals surface area contributed by atoms with Crippen molar-refractivity contribution in [3.63, 3.8) is 0 Å². The Morgan fingerprint density at radius 1 is 1.23 bits per heavy atom. The maximum atomic E-state index is 11.6. The predicted octanol–water partition coefficient (Wildman–Crippen LogP) is 1.89. The van der Waals surface area contributed by atoms with Crippen molar-refractivity contribution in [2.45, 2.75) is 39.7 Å². The summed E-state index contributed by atoms with van der Waals surface area (Å²) in [6, 6.07) is 0. The average molecular weight is 328 g/mol. The van der Waals surface area contributed by atoms with Crippen molar-refractivity contribution < 1.29 is 14.3 Å². The van der Waals surface area contributed by atoms with Gasteiger partial charge >= 0.3 is 6.09 Å². The number of ether oxygens (including phenoxy) is 1. The van der Waals surface area contributed by atoms with Gasteiger partial charge < -0.3 is 20.7 Å². The van der Waals surface area contributed by atoms with Gasteiger partial charge in [0.25, 0.3) is 0 Å². The van der Waals surface area contributed by atoms with Crippen molar-refractivity contribution >= 4 is 28.5 Å². The summed E-state index contributed by atoms with van der Waals surface area (Å²) < 4.78 is 5.07. The van der Waals surface area contributed by atoms with Crippen molar-refractivity contribution in [1.29, 1.82) is 0 Å². The van der Waals surface area contributed by atoms with Crippen molar-refractivity contribution in [3.05, 3.63) is 11.1 Å². The first-order valence-corrected chi connectivity index (χ1v) is 8.04. The first-order chi connectivity index (χ1) is 10.3.